The van der Waals surface area contributed by atoms with Crippen molar-refractivity contribution in [1.82, 2.24) is 19.7 Å². The quantitative estimate of drug-likeness (QED) is 0.482. The molecule has 1 aromatic carbocycles. The number of furan rings is 1. The molecular formula is C20H22N4O3. The lowest BCUT2D eigenvalue weighted by molar-refractivity contribution is 0.135. The van der Waals surface area contributed by atoms with E-state index in [9.17, 15) is 0 Å². The van der Waals surface area contributed by atoms with E-state index < -0.39 is 0 Å². The Morgan fingerprint density at radius 2 is 2.19 bits per heavy atom. The molecule has 3 heterocycles. The molecule has 3 aromatic heterocycles. The molecule has 0 aliphatic rings. The maximum absolute atomic E-state index is 5.49. The Kier molecular flexibility index (Phi) is 4.93. The van der Waals surface area contributed by atoms with Crippen LogP contribution >= 0.6 is 0 Å². The number of fused-ring (bicyclic) bond motifs is 1. The predicted molar refractivity (Wildman–Crippen MR) is 102 cm³/mol. The van der Waals surface area contributed by atoms with Crippen LogP contribution in [-0.4, -0.2) is 40.1 Å². The largest absolute Gasteiger partial charge is 0.497 e. The average molecular weight is 366 g/mol. The van der Waals surface area contributed by atoms with Gasteiger partial charge in [0, 0.05) is 30.1 Å². The van der Waals surface area contributed by atoms with Crippen molar-refractivity contribution in [3.63, 3.8) is 0 Å². The molecule has 0 spiro atoms. The second-order valence-electron chi connectivity index (χ2n) is 6.15. The summed E-state index contributed by atoms with van der Waals surface area (Å²) in [5, 5.41) is 5.73. The zero-order chi connectivity index (χ0) is 18.6. The highest BCUT2D eigenvalue weighted by Crippen LogP contribution is 2.26. The van der Waals surface area contributed by atoms with E-state index in [0.29, 0.717) is 37.8 Å². The van der Waals surface area contributed by atoms with Crippen LogP contribution < -0.4 is 4.74 Å². The normalized spacial score (nSPS) is 11.3. The second-order valence-corrected chi connectivity index (χ2v) is 6.15. The average Bonchev–Trinajstić information content (AvgIpc) is 3.42. The number of H-pyrrole nitrogens is 1. The van der Waals surface area contributed by atoms with Crippen LogP contribution in [0.15, 0.2) is 47.2 Å². The molecule has 0 saturated heterocycles. The number of methoxy groups -OCH3 is 1. The molecule has 0 radical (unpaired) electrons. The van der Waals surface area contributed by atoms with Gasteiger partial charge in [0.25, 0.3) is 0 Å². The molecule has 0 unspecified atom stereocenters. The first kappa shape index (κ1) is 17.4. The summed E-state index contributed by atoms with van der Waals surface area (Å²) in [4.78, 5) is 8.02. The molecule has 140 valence electrons. The Morgan fingerprint density at radius 1 is 1.26 bits per heavy atom. The van der Waals surface area contributed by atoms with Crippen molar-refractivity contribution in [1.29, 1.82) is 0 Å². The Balaban J connectivity index is 1.67. The number of rotatable bonds is 8. The number of aromatic nitrogens is 4. The Bertz CT molecular complexity index is 1020. The number of aromatic amines is 1. The van der Waals surface area contributed by atoms with E-state index in [-0.39, 0.29) is 0 Å². The van der Waals surface area contributed by atoms with Crippen LogP contribution in [0.4, 0.5) is 0 Å². The van der Waals surface area contributed by atoms with Crippen molar-refractivity contribution < 1.29 is 13.9 Å². The highest BCUT2D eigenvalue weighted by molar-refractivity contribution is 5.84. The molecule has 0 amide bonds. The van der Waals surface area contributed by atoms with E-state index in [1.54, 1.807) is 13.4 Å². The number of nitrogens with one attached hydrogen (secondary N) is 1. The van der Waals surface area contributed by atoms with Crippen LogP contribution in [-0.2, 0) is 17.7 Å². The molecule has 1 N–H and O–H groups in total. The van der Waals surface area contributed by atoms with E-state index >= 15 is 0 Å². The molecule has 4 rings (SSSR count). The van der Waals surface area contributed by atoms with Crippen molar-refractivity contribution >= 4 is 10.9 Å². The summed E-state index contributed by atoms with van der Waals surface area (Å²) in [5.74, 6) is 2.94. The van der Waals surface area contributed by atoms with Gasteiger partial charge in [0.05, 0.1) is 26.5 Å². The maximum atomic E-state index is 5.49. The Labute approximate surface area is 156 Å². The molecule has 0 aliphatic carbocycles. The van der Waals surface area contributed by atoms with E-state index in [1.807, 2.05) is 48.1 Å². The number of ether oxygens (including phenoxy) is 2. The van der Waals surface area contributed by atoms with Gasteiger partial charge in [-0.3, -0.25) is 0 Å². The standard InChI is InChI=1S/C20H22N4O3/c1-3-26-10-8-24-19(22-20(23-24)18-5-4-9-27-18)11-14-13-21-17-7-6-15(25-2)12-16(14)17/h4-7,9,12-13,21H,3,8,10-11H2,1-2H3. The number of hydrogen-bond acceptors (Lipinski definition) is 5. The second kappa shape index (κ2) is 7.67. The fourth-order valence-corrected chi connectivity index (χ4v) is 3.09. The number of nitrogens with zero attached hydrogens (tertiary/aromatic N) is 3. The van der Waals surface area contributed by atoms with Crippen LogP contribution in [0.25, 0.3) is 22.5 Å². The monoisotopic (exact) mass is 366 g/mol. The molecule has 27 heavy (non-hydrogen) atoms. The maximum Gasteiger partial charge on any atom is 0.217 e. The van der Waals surface area contributed by atoms with Gasteiger partial charge in [0.15, 0.2) is 5.76 Å². The van der Waals surface area contributed by atoms with Crippen molar-refractivity contribution in [2.45, 2.75) is 19.9 Å². The van der Waals surface area contributed by atoms with E-state index in [4.69, 9.17) is 18.9 Å². The van der Waals surface area contributed by atoms with Crippen molar-refractivity contribution in [2.24, 2.45) is 0 Å². The van der Waals surface area contributed by atoms with Gasteiger partial charge in [0.2, 0.25) is 5.82 Å². The molecule has 0 saturated carbocycles. The van der Waals surface area contributed by atoms with E-state index in [1.165, 1.54) is 0 Å². The van der Waals surface area contributed by atoms with Crippen molar-refractivity contribution in [3.8, 4) is 17.3 Å². The Morgan fingerprint density at radius 3 is 2.96 bits per heavy atom. The minimum Gasteiger partial charge on any atom is -0.497 e. The minimum atomic E-state index is 0.587. The van der Waals surface area contributed by atoms with Gasteiger partial charge >= 0.3 is 0 Å². The fourth-order valence-electron chi connectivity index (χ4n) is 3.09. The summed E-state index contributed by atoms with van der Waals surface area (Å²) in [5.41, 5.74) is 2.21. The number of hydrogen-bond donors (Lipinski definition) is 1. The van der Waals surface area contributed by atoms with Crippen LogP contribution in [0.2, 0.25) is 0 Å². The van der Waals surface area contributed by atoms with Gasteiger partial charge in [-0.05, 0) is 42.8 Å². The minimum absolute atomic E-state index is 0.587. The lowest BCUT2D eigenvalue weighted by Crippen LogP contribution is -2.11. The van der Waals surface area contributed by atoms with Crippen LogP contribution in [0.1, 0.15) is 18.3 Å². The predicted octanol–water partition coefficient (Wildman–Crippen LogP) is 3.66. The summed E-state index contributed by atoms with van der Waals surface area (Å²) >= 11 is 0. The number of benzene rings is 1. The third-order valence-corrected chi connectivity index (χ3v) is 4.46. The van der Waals surface area contributed by atoms with Crippen molar-refractivity contribution in [2.75, 3.05) is 20.3 Å². The lowest BCUT2D eigenvalue weighted by Gasteiger charge is -2.06. The third kappa shape index (κ3) is 3.59. The lowest BCUT2D eigenvalue weighted by atomic mass is 10.1. The Hall–Kier alpha value is -3.06. The first-order chi connectivity index (χ1) is 13.3. The highest BCUT2D eigenvalue weighted by atomic mass is 16.5. The van der Waals surface area contributed by atoms with Crippen LogP contribution in [0.5, 0.6) is 5.75 Å². The van der Waals surface area contributed by atoms with Gasteiger partial charge in [-0.1, -0.05) is 0 Å². The summed E-state index contributed by atoms with van der Waals surface area (Å²) in [6, 6.07) is 9.70. The zero-order valence-electron chi connectivity index (χ0n) is 15.4. The van der Waals surface area contributed by atoms with Gasteiger partial charge < -0.3 is 18.9 Å². The summed E-state index contributed by atoms with van der Waals surface area (Å²) in [7, 11) is 1.67. The molecule has 0 fully saturated rings. The molecule has 0 atom stereocenters. The van der Waals surface area contributed by atoms with Gasteiger partial charge in [-0.2, -0.15) is 0 Å². The molecule has 7 heteroatoms. The topological polar surface area (TPSA) is 78.1 Å². The van der Waals surface area contributed by atoms with Crippen molar-refractivity contribution in [3.05, 3.63) is 54.2 Å². The fraction of sp³-hybridized carbons (Fsp3) is 0.300. The smallest absolute Gasteiger partial charge is 0.217 e. The first-order valence-electron chi connectivity index (χ1n) is 8.98. The summed E-state index contributed by atoms with van der Waals surface area (Å²) in [6.45, 7) is 3.89. The SMILES string of the molecule is CCOCCn1nc(-c2ccco2)nc1Cc1c[nH]c2ccc(OC)cc12. The van der Waals surface area contributed by atoms with Crippen LogP contribution in [0, 0.1) is 0 Å². The zero-order valence-corrected chi connectivity index (χ0v) is 15.4. The summed E-state index contributed by atoms with van der Waals surface area (Å²) < 4.78 is 18.2. The molecule has 7 nitrogen and oxygen atoms in total. The summed E-state index contributed by atoms with van der Waals surface area (Å²) in [6.07, 6.45) is 4.28. The van der Waals surface area contributed by atoms with E-state index in [0.717, 1.165) is 28.0 Å². The molecule has 0 bridgehead atoms. The van der Waals surface area contributed by atoms with Gasteiger partial charge in [-0.15, -0.1) is 5.10 Å². The third-order valence-electron chi connectivity index (χ3n) is 4.46. The molecule has 4 aromatic rings. The van der Waals surface area contributed by atoms with Crippen LogP contribution in [0.3, 0.4) is 0 Å². The molecule has 0 aliphatic heterocycles. The molecular weight excluding hydrogens is 344 g/mol. The van der Waals surface area contributed by atoms with E-state index in [2.05, 4.69) is 10.1 Å². The first-order valence-corrected chi connectivity index (χ1v) is 8.98. The highest BCUT2D eigenvalue weighted by Gasteiger charge is 2.16. The van der Waals surface area contributed by atoms with Gasteiger partial charge in [0.1, 0.15) is 11.6 Å². The van der Waals surface area contributed by atoms with Gasteiger partial charge in [-0.25, -0.2) is 9.67 Å².